The number of nitrogens with zero attached hydrogens (tertiary/aromatic N) is 3. The van der Waals surface area contributed by atoms with Gasteiger partial charge >= 0.3 is 0 Å². The molecule has 1 aromatic rings. The summed E-state index contributed by atoms with van der Waals surface area (Å²) < 4.78 is 5.26. The van der Waals surface area contributed by atoms with Gasteiger partial charge in [0.1, 0.15) is 0 Å². The van der Waals surface area contributed by atoms with Crippen molar-refractivity contribution in [3.05, 3.63) is 17.8 Å². The Morgan fingerprint density at radius 1 is 1.23 bits per heavy atom. The van der Waals surface area contributed by atoms with E-state index in [4.69, 9.17) is 4.74 Å². The first-order valence-electron chi connectivity index (χ1n) is 4.49. The molecule has 0 spiro atoms. The lowest BCUT2D eigenvalue weighted by molar-refractivity contribution is 0.122. The van der Waals surface area contributed by atoms with Crippen molar-refractivity contribution in [2.75, 3.05) is 31.2 Å². The predicted molar refractivity (Wildman–Crippen MR) is 49.8 cm³/mol. The SMILES string of the molecule is Cc1ccc(N2CCOCC2)nn1. The van der Waals surface area contributed by atoms with E-state index in [1.54, 1.807) is 0 Å². The lowest BCUT2D eigenvalue weighted by atomic mass is 10.3. The summed E-state index contributed by atoms with van der Waals surface area (Å²) in [7, 11) is 0. The molecule has 0 amide bonds. The number of hydrogen-bond donors (Lipinski definition) is 0. The average molecular weight is 179 g/mol. The summed E-state index contributed by atoms with van der Waals surface area (Å²) in [5, 5.41) is 8.14. The second-order valence-corrected chi connectivity index (χ2v) is 3.13. The number of anilines is 1. The van der Waals surface area contributed by atoms with Crippen LogP contribution >= 0.6 is 0 Å². The highest BCUT2D eigenvalue weighted by Crippen LogP contribution is 2.10. The summed E-state index contributed by atoms with van der Waals surface area (Å²) in [5.74, 6) is 0.953. The molecular formula is C9H13N3O. The molecule has 0 bridgehead atoms. The molecule has 0 radical (unpaired) electrons. The lowest BCUT2D eigenvalue weighted by Crippen LogP contribution is -2.36. The first kappa shape index (κ1) is 8.44. The van der Waals surface area contributed by atoms with E-state index in [2.05, 4.69) is 15.1 Å². The van der Waals surface area contributed by atoms with Crippen LogP contribution in [-0.4, -0.2) is 36.5 Å². The number of aryl methyl sites for hydroxylation is 1. The summed E-state index contributed by atoms with van der Waals surface area (Å²) >= 11 is 0. The zero-order chi connectivity index (χ0) is 9.10. The molecule has 13 heavy (non-hydrogen) atoms. The third-order valence-electron chi connectivity index (χ3n) is 2.12. The Bertz CT molecular complexity index is 267. The van der Waals surface area contributed by atoms with Gasteiger partial charge in [-0.2, -0.15) is 5.10 Å². The fraction of sp³-hybridized carbons (Fsp3) is 0.556. The molecule has 1 aromatic heterocycles. The number of hydrogen-bond acceptors (Lipinski definition) is 4. The van der Waals surface area contributed by atoms with Crippen LogP contribution < -0.4 is 4.90 Å². The minimum Gasteiger partial charge on any atom is -0.378 e. The average Bonchev–Trinajstić information content (AvgIpc) is 2.20. The molecule has 70 valence electrons. The van der Waals surface area contributed by atoms with Gasteiger partial charge in [0.25, 0.3) is 0 Å². The summed E-state index contributed by atoms with van der Waals surface area (Å²) in [4.78, 5) is 2.19. The molecule has 1 aliphatic heterocycles. The van der Waals surface area contributed by atoms with Crippen LogP contribution in [0.5, 0.6) is 0 Å². The Hall–Kier alpha value is -1.16. The zero-order valence-electron chi connectivity index (χ0n) is 7.73. The Kier molecular flexibility index (Phi) is 2.40. The second kappa shape index (κ2) is 3.70. The van der Waals surface area contributed by atoms with Gasteiger partial charge in [0.05, 0.1) is 18.9 Å². The van der Waals surface area contributed by atoms with Crippen molar-refractivity contribution < 1.29 is 4.74 Å². The number of rotatable bonds is 1. The highest BCUT2D eigenvalue weighted by Gasteiger charge is 2.11. The van der Waals surface area contributed by atoms with Gasteiger partial charge in [-0.05, 0) is 19.1 Å². The Labute approximate surface area is 77.5 Å². The smallest absolute Gasteiger partial charge is 0.151 e. The molecule has 0 aromatic carbocycles. The summed E-state index contributed by atoms with van der Waals surface area (Å²) in [6.45, 7) is 5.34. The van der Waals surface area contributed by atoms with Crippen molar-refractivity contribution in [2.45, 2.75) is 6.92 Å². The molecule has 0 N–H and O–H groups in total. The number of morpholine rings is 1. The van der Waals surface area contributed by atoms with E-state index in [9.17, 15) is 0 Å². The van der Waals surface area contributed by atoms with Gasteiger partial charge in [-0.3, -0.25) is 0 Å². The minimum absolute atomic E-state index is 0.787. The highest BCUT2D eigenvalue weighted by molar-refractivity contribution is 5.37. The summed E-state index contributed by atoms with van der Waals surface area (Å²) in [5.41, 5.74) is 0.956. The van der Waals surface area contributed by atoms with Crippen molar-refractivity contribution in [3.63, 3.8) is 0 Å². The van der Waals surface area contributed by atoms with Crippen molar-refractivity contribution in [3.8, 4) is 0 Å². The highest BCUT2D eigenvalue weighted by atomic mass is 16.5. The molecule has 0 saturated carbocycles. The van der Waals surface area contributed by atoms with E-state index in [-0.39, 0.29) is 0 Å². The van der Waals surface area contributed by atoms with Crippen LogP contribution in [0.2, 0.25) is 0 Å². The maximum absolute atomic E-state index is 5.26. The molecule has 4 heteroatoms. The van der Waals surface area contributed by atoms with E-state index in [0.717, 1.165) is 37.8 Å². The van der Waals surface area contributed by atoms with Crippen molar-refractivity contribution >= 4 is 5.82 Å². The first-order valence-corrected chi connectivity index (χ1v) is 4.49. The largest absolute Gasteiger partial charge is 0.378 e. The molecule has 2 heterocycles. The topological polar surface area (TPSA) is 38.2 Å². The number of ether oxygens (including phenoxy) is 1. The fourth-order valence-electron chi connectivity index (χ4n) is 1.35. The van der Waals surface area contributed by atoms with Crippen molar-refractivity contribution in [1.29, 1.82) is 0 Å². The van der Waals surface area contributed by atoms with Crippen LogP contribution in [0.25, 0.3) is 0 Å². The normalized spacial score (nSPS) is 17.5. The van der Waals surface area contributed by atoms with Crippen LogP contribution in [0, 0.1) is 6.92 Å². The molecule has 0 aliphatic carbocycles. The van der Waals surface area contributed by atoms with Crippen molar-refractivity contribution in [1.82, 2.24) is 10.2 Å². The van der Waals surface area contributed by atoms with E-state index < -0.39 is 0 Å². The molecule has 2 rings (SSSR count). The maximum atomic E-state index is 5.26. The predicted octanol–water partition coefficient (Wildman–Crippen LogP) is 0.622. The van der Waals surface area contributed by atoms with E-state index >= 15 is 0 Å². The molecule has 1 fully saturated rings. The standard InChI is InChI=1S/C9H13N3O/c1-8-2-3-9(11-10-8)12-4-6-13-7-5-12/h2-3H,4-7H2,1H3. The van der Waals surface area contributed by atoms with E-state index in [1.807, 2.05) is 19.1 Å². The molecule has 0 unspecified atom stereocenters. The van der Waals surface area contributed by atoms with Crippen LogP contribution in [0.4, 0.5) is 5.82 Å². The third kappa shape index (κ3) is 1.95. The van der Waals surface area contributed by atoms with Gasteiger partial charge in [-0.1, -0.05) is 0 Å². The van der Waals surface area contributed by atoms with E-state index in [1.165, 1.54) is 0 Å². The van der Waals surface area contributed by atoms with Crippen LogP contribution in [0.1, 0.15) is 5.69 Å². The monoisotopic (exact) mass is 179 g/mol. The van der Waals surface area contributed by atoms with Crippen molar-refractivity contribution in [2.24, 2.45) is 0 Å². The quantitative estimate of drug-likeness (QED) is 0.633. The fourth-order valence-corrected chi connectivity index (χ4v) is 1.35. The lowest BCUT2D eigenvalue weighted by Gasteiger charge is -2.27. The third-order valence-corrected chi connectivity index (χ3v) is 2.12. The second-order valence-electron chi connectivity index (χ2n) is 3.13. The molecule has 1 saturated heterocycles. The van der Waals surface area contributed by atoms with Crippen LogP contribution in [-0.2, 0) is 4.74 Å². The first-order chi connectivity index (χ1) is 6.36. The summed E-state index contributed by atoms with van der Waals surface area (Å²) in [6, 6.07) is 3.99. The van der Waals surface area contributed by atoms with Gasteiger partial charge in [0.15, 0.2) is 5.82 Å². The van der Waals surface area contributed by atoms with Crippen LogP contribution in [0.15, 0.2) is 12.1 Å². The molecule has 1 aliphatic rings. The zero-order valence-corrected chi connectivity index (χ0v) is 7.73. The minimum atomic E-state index is 0.787. The Balaban J connectivity index is 2.10. The van der Waals surface area contributed by atoms with Gasteiger partial charge < -0.3 is 9.64 Å². The van der Waals surface area contributed by atoms with Gasteiger partial charge in [-0.15, -0.1) is 5.10 Å². The van der Waals surface area contributed by atoms with Gasteiger partial charge in [0.2, 0.25) is 0 Å². The molecule has 0 atom stereocenters. The van der Waals surface area contributed by atoms with Crippen LogP contribution in [0.3, 0.4) is 0 Å². The van der Waals surface area contributed by atoms with E-state index in [0.29, 0.717) is 0 Å². The molecular weight excluding hydrogens is 166 g/mol. The molecule has 4 nitrogen and oxygen atoms in total. The maximum Gasteiger partial charge on any atom is 0.151 e. The van der Waals surface area contributed by atoms with Gasteiger partial charge in [-0.25, -0.2) is 0 Å². The van der Waals surface area contributed by atoms with Gasteiger partial charge in [0, 0.05) is 13.1 Å². The number of aromatic nitrogens is 2. The summed E-state index contributed by atoms with van der Waals surface area (Å²) in [6.07, 6.45) is 0. The Morgan fingerprint density at radius 3 is 2.62 bits per heavy atom. The Morgan fingerprint density at radius 2 is 2.00 bits per heavy atom.